The average Bonchev–Trinajstić information content (AvgIpc) is 2.88. The minimum atomic E-state index is -0.124. The van der Waals surface area contributed by atoms with Crippen molar-refractivity contribution in [3.63, 3.8) is 0 Å². The fourth-order valence-corrected chi connectivity index (χ4v) is 2.85. The van der Waals surface area contributed by atoms with Crippen molar-refractivity contribution in [1.29, 1.82) is 0 Å². The van der Waals surface area contributed by atoms with E-state index in [-0.39, 0.29) is 20.9 Å². The molecule has 0 saturated carbocycles. The van der Waals surface area contributed by atoms with E-state index in [9.17, 15) is 4.79 Å². The van der Waals surface area contributed by atoms with E-state index < -0.39 is 0 Å². The summed E-state index contributed by atoms with van der Waals surface area (Å²) in [5.41, 5.74) is 4.26. The number of anilines is 1. The Balaban J connectivity index is 1.84. The average molecular weight is 316 g/mol. The Morgan fingerprint density at radius 2 is 1.79 bits per heavy atom. The number of hydrogen-bond donors (Lipinski definition) is 1. The van der Waals surface area contributed by atoms with Crippen molar-refractivity contribution in [2.45, 2.75) is 6.92 Å². The number of fused-ring (bicyclic) bond motifs is 1. The molecule has 0 atom stereocenters. The fraction of sp³-hybridized carbons (Fsp3) is 0.0714. The van der Waals surface area contributed by atoms with Crippen LogP contribution in [0, 0.1) is 6.92 Å². The Morgan fingerprint density at radius 1 is 1.05 bits per heavy atom. The molecule has 0 aliphatic heterocycles. The first kappa shape index (κ1) is 12.1. The molecule has 19 heavy (non-hydrogen) atoms. The van der Waals surface area contributed by atoms with Gasteiger partial charge in [0.05, 0.1) is 0 Å². The topological polar surface area (TPSA) is 54.9 Å². The van der Waals surface area contributed by atoms with Gasteiger partial charge in [-0.1, -0.05) is 0 Å². The molecule has 0 saturated heterocycles. The molecular formula is C14H11N3OSe. The summed E-state index contributed by atoms with van der Waals surface area (Å²) in [6.45, 7) is 2.01. The molecule has 1 N–H and O–H groups in total. The predicted octanol–water partition coefficient (Wildman–Crippen LogP) is 2.25. The third-order valence-corrected chi connectivity index (χ3v) is 3.99. The van der Waals surface area contributed by atoms with Crippen LogP contribution in [-0.4, -0.2) is 28.8 Å². The third-order valence-electron chi connectivity index (χ3n) is 2.83. The first-order valence-corrected chi connectivity index (χ1v) is 7.36. The van der Waals surface area contributed by atoms with Crippen molar-refractivity contribution >= 4 is 37.6 Å². The number of amides is 1. The Morgan fingerprint density at radius 3 is 2.58 bits per heavy atom. The molecule has 94 valence electrons. The summed E-state index contributed by atoms with van der Waals surface area (Å²) < 4.78 is 8.53. The van der Waals surface area contributed by atoms with Gasteiger partial charge in [-0.05, 0) is 0 Å². The van der Waals surface area contributed by atoms with Gasteiger partial charge in [0.2, 0.25) is 0 Å². The monoisotopic (exact) mass is 317 g/mol. The molecule has 0 unspecified atom stereocenters. The molecule has 1 amide bonds. The molecule has 5 heteroatoms. The number of nitrogens with one attached hydrogen (secondary N) is 1. The zero-order chi connectivity index (χ0) is 13.2. The number of carbonyl (C=O) groups excluding carboxylic acids is 1. The van der Waals surface area contributed by atoms with Gasteiger partial charge in [0.15, 0.2) is 0 Å². The van der Waals surface area contributed by atoms with E-state index in [2.05, 4.69) is 13.3 Å². The van der Waals surface area contributed by atoms with E-state index in [1.807, 2.05) is 37.3 Å². The molecule has 3 aromatic rings. The number of rotatable bonds is 2. The van der Waals surface area contributed by atoms with E-state index in [0.717, 1.165) is 22.3 Å². The van der Waals surface area contributed by atoms with Crippen LogP contribution in [0.3, 0.4) is 0 Å². The first-order valence-electron chi connectivity index (χ1n) is 5.83. The van der Waals surface area contributed by atoms with E-state index >= 15 is 0 Å². The standard InChI is InChI=1S/C14H11N3OSe/c1-9-2-5-11(6-3-9)15-14(18)10-4-7-12-13(8-10)17-19-16-12/h2-8H,1H3,(H,15,18). The molecule has 0 radical (unpaired) electrons. The quantitative estimate of drug-likeness (QED) is 0.738. The number of benzene rings is 2. The summed E-state index contributed by atoms with van der Waals surface area (Å²) in [5.74, 6) is -0.124. The molecule has 1 heterocycles. The van der Waals surface area contributed by atoms with Crippen molar-refractivity contribution in [3.05, 3.63) is 53.6 Å². The second-order valence-corrected chi connectivity index (χ2v) is 5.40. The zero-order valence-corrected chi connectivity index (χ0v) is 12.0. The van der Waals surface area contributed by atoms with Crippen molar-refractivity contribution in [1.82, 2.24) is 7.96 Å². The molecule has 3 rings (SSSR count). The maximum absolute atomic E-state index is 12.1. The molecule has 0 aliphatic rings. The molecule has 4 nitrogen and oxygen atoms in total. The van der Waals surface area contributed by atoms with Crippen LogP contribution < -0.4 is 5.32 Å². The predicted molar refractivity (Wildman–Crippen MR) is 75.6 cm³/mol. The number of carbonyl (C=O) groups is 1. The van der Waals surface area contributed by atoms with Crippen molar-refractivity contribution in [3.8, 4) is 0 Å². The second-order valence-electron chi connectivity index (χ2n) is 4.29. The van der Waals surface area contributed by atoms with E-state index in [4.69, 9.17) is 0 Å². The van der Waals surface area contributed by atoms with Crippen molar-refractivity contribution in [2.75, 3.05) is 5.32 Å². The minimum absolute atomic E-state index is 0.0611. The van der Waals surface area contributed by atoms with Gasteiger partial charge in [0, 0.05) is 0 Å². The third kappa shape index (κ3) is 2.57. The van der Waals surface area contributed by atoms with Crippen LogP contribution in [0.4, 0.5) is 5.69 Å². The van der Waals surface area contributed by atoms with Gasteiger partial charge in [0.25, 0.3) is 0 Å². The second kappa shape index (κ2) is 4.96. The Hall–Kier alpha value is -1.97. The molecule has 2 aromatic carbocycles. The van der Waals surface area contributed by atoms with Crippen LogP contribution in [-0.2, 0) is 0 Å². The van der Waals surface area contributed by atoms with E-state index in [1.54, 1.807) is 12.1 Å². The van der Waals surface area contributed by atoms with Crippen LogP contribution in [0.1, 0.15) is 15.9 Å². The van der Waals surface area contributed by atoms with E-state index in [1.165, 1.54) is 0 Å². The molecule has 0 bridgehead atoms. The SMILES string of the molecule is Cc1ccc(NC(=O)c2ccc3n[se]nc3c2)cc1. The summed E-state index contributed by atoms with van der Waals surface area (Å²) in [7, 11) is 0. The van der Waals surface area contributed by atoms with Crippen LogP contribution in [0.2, 0.25) is 0 Å². The van der Waals surface area contributed by atoms with E-state index in [0.29, 0.717) is 5.56 Å². The van der Waals surface area contributed by atoms with Crippen LogP contribution in [0.25, 0.3) is 11.0 Å². The van der Waals surface area contributed by atoms with Crippen LogP contribution in [0.15, 0.2) is 42.5 Å². The molecule has 0 spiro atoms. The number of nitrogens with zero attached hydrogens (tertiary/aromatic N) is 2. The van der Waals surface area contributed by atoms with Gasteiger partial charge in [-0.2, -0.15) is 0 Å². The molecular weight excluding hydrogens is 305 g/mol. The fourth-order valence-electron chi connectivity index (χ4n) is 1.76. The molecule has 1 aromatic heterocycles. The summed E-state index contributed by atoms with van der Waals surface area (Å²) in [4.78, 5) is 12.1. The molecule has 0 fully saturated rings. The summed E-state index contributed by atoms with van der Waals surface area (Å²) in [5, 5.41) is 2.87. The first-order chi connectivity index (χ1) is 9.22. The van der Waals surface area contributed by atoms with Gasteiger partial charge in [-0.15, -0.1) is 0 Å². The van der Waals surface area contributed by atoms with Gasteiger partial charge >= 0.3 is 116 Å². The zero-order valence-electron chi connectivity index (χ0n) is 10.3. The Bertz CT molecular complexity index is 734. The summed E-state index contributed by atoms with van der Waals surface area (Å²) in [6, 6.07) is 13.1. The summed E-state index contributed by atoms with van der Waals surface area (Å²) in [6.07, 6.45) is 0. The van der Waals surface area contributed by atoms with Gasteiger partial charge in [-0.25, -0.2) is 0 Å². The van der Waals surface area contributed by atoms with Crippen LogP contribution in [0.5, 0.6) is 0 Å². The number of aryl methyl sites for hydroxylation is 1. The van der Waals surface area contributed by atoms with Gasteiger partial charge < -0.3 is 0 Å². The number of aromatic nitrogens is 2. The van der Waals surface area contributed by atoms with Crippen molar-refractivity contribution < 1.29 is 4.79 Å². The van der Waals surface area contributed by atoms with Gasteiger partial charge in [0.1, 0.15) is 0 Å². The Labute approximate surface area is 116 Å². The normalized spacial score (nSPS) is 10.6. The Kier molecular flexibility index (Phi) is 3.15. The summed E-state index contributed by atoms with van der Waals surface area (Å²) >= 11 is -0.0611. The van der Waals surface area contributed by atoms with Gasteiger partial charge in [-0.3, -0.25) is 0 Å². The molecule has 0 aliphatic carbocycles. The van der Waals surface area contributed by atoms with Crippen LogP contribution >= 0.6 is 0 Å². The number of hydrogen-bond acceptors (Lipinski definition) is 3. The van der Waals surface area contributed by atoms with Crippen molar-refractivity contribution in [2.24, 2.45) is 0 Å². The maximum atomic E-state index is 12.1.